The Hall–Kier alpha value is -3.19. The van der Waals surface area contributed by atoms with E-state index in [0.717, 1.165) is 21.3 Å². The van der Waals surface area contributed by atoms with Crippen LogP contribution in [0.1, 0.15) is 44.3 Å². The summed E-state index contributed by atoms with van der Waals surface area (Å²) < 4.78 is 20.5. The maximum Gasteiger partial charge on any atom is 0.258 e. The largest absolute Gasteiger partial charge is 0.493 e. The normalized spacial score (nSPS) is 14.9. The Bertz CT molecular complexity index is 1170. The zero-order valence-electron chi connectivity index (χ0n) is 16.7. The van der Waals surface area contributed by atoms with Crippen LogP contribution < -0.4 is 15.4 Å². The molecule has 0 spiro atoms. The Morgan fingerprint density at radius 1 is 1.06 bits per heavy atom. The molecule has 1 atom stereocenters. The number of hydrogen-bond donors (Lipinski definition) is 2. The lowest BCUT2D eigenvalue weighted by Gasteiger charge is -2.27. The van der Waals surface area contributed by atoms with E-state index in [2.05, 4.69) is 26.6 Å². The van der Waals surface area contributed by atoms with E-state index in [1.165, 1.54) is 18.2 Å². The van der Waals surface area contributed by atoms with Gasteiger partial charge in [-0.2, -0.15) is 0 Å². The van der Waals surface area contributed by atoms with Crippen LogP contribution in [0.25, 0.3) is 0 Å². The van der Waals surface area contributed by atoms with Crippen LogP contribution in [0, 0.1) is 12.7 Å². The Labute approximate surface area is 187 Å². The fourth-order valence-corrected chi connectivity index (χ4v) is 3.87. The van der Waals surface area contributed by atoms with Gasteiger partial charge in [0.1, 0.15) is 11.6 Å². The summed E-state index contributed by atoms with van der Waals surface area (Å²) in [6.07, 6.45) is 0.651. The van der Waals surface area contributed by atoms with Gasteiger partial charge >= 0.3 is 0 Å². The topological polar surface area (TPSA) is 67.4 Å². The molecule has 0 aromatic heterocycles. The Morgan fingerprint density at radius 2 is 1.87 bits per heavy atom. The molecule has 0 aliphatic carbocycles. The first-order valence-electron chi connectivity index (χ1n) is 9.82. The highest BCUT2D eigenvalue weighted by atomic mass is 79.9. The first kappa shape index (κ1) is 21.1. The van der Waals surface area contributed by atoms with Crippen LogP contribution in [-0.2, 0) is 0 Å². The third-order valence-electron chi connectivity index (χ3n) is 5.18. The summed E-state index contributed by atoms with van der Waals surface area (Å²) in [5, 5.41) is 5.75. The van der Waals surface area contributed by atoms with E-state index in [1.807, 2.05) is 25.1 Å². The molecule has 1 unspecified atom stereocenters. The van der Waals surface area contributed by atoms with Gasteiger partial charge in [0.05, 0.1) is 18.2 Å². The van der Waals surface area contributed by atoms with Crippen LogP contribution in [-0.4, -0.2) is 18.4 Å². The van der Waals surface area contributed by atoms with Gasteiger partial charge in [-0.15, -0.1) is 0 Å². The zero-order valence-corrected chi connectivity index (χ0v) is 18.3. The Balaban J connectivity index is 1.53. The molecule has 1 aliphatic heterocycles. The number of carbonyl (C=O) groups excluding carboxylic acids is 2. The van der Waals surface area contributed by atoms with Crippen molar-refractivity contribution in [3.63, 3.8) is 0 Å². The van der Waals surface area contributed by atoms with Gasteiger partial charge in [0, 0.05) is 27.7 Å². The quantitative estimate of drug-likeness (QED) is 0.522. The van der Waals surface area contributed by atoms with Crippen molar-refractivity contribution in [3.8, 4) is 5.75 Å². The van der Waals surface area contributed by atoms with Crippen molar-refractivity contribution in [2.45, 2.75) is 19.4 Å². The van der Waals surface area contributed by atoms with Crippen LogP contribution in [0.4, 0.5) is 10.1 Å². The fourth-order valence-electron chi connectivity index (χ4n) is 3.49. The molecule has 0 saturated heterocycles. The first-order valence-corrected chi connectivity index (χ1v) is 10.6. The molecule has 2 amide bonds. The maximum atomic E-state index is 13.9. The minimum absolute atomic E-state index is 0.0545. The number of benzene rings is 3. The number of halogens is 2. The van der Waals surface area contributed by atoms with Crippen LogP contribution >= 0.6 is 15.9 Å². The predicted molar refractivity (Wildman–Crippen MR) is 120 cm³/mol. The van der Waals surface area contributed by atoms with Crippen LogP contribution in [0.3, 0.4) is 0 Å². The van der Waals surface area contributed by atoms with Crippen molar-refractivity contribution in [2.24, 2.45) is 0 Å². The van der Waals surface area contributed by atoms with Gasteiger partial charge in [-0.25, -0.2) is 4.39 Å². The molecule has 0 radical (unpaired) electrons. The van der Waals surface area contributed by atoms with Gasteiger partial charge in [0.25, 0.3) is 11.8 Å². The minimum atomic E-state index is -0.601. The first-order chi connectivity index (χ1) is 14.9. The number of anilines is 1. The lowest BCUT2D eigenvalue weighted by molar-refractivity contribution is 0.0923. The molecule has 3 aromatic rings. The van der Waals surface area contributed by atoms with Gasteiger partial charge in [-0.05, 0) is 55.0 Å². The van der Waals surface area contributed by atoms with E-state index in [0.29, 0.717) is 24.3 Å². The predicted octanol–water partition coefficient (Wildman–Crippen LogP) is 5.40. The molecule has 158 valence electrons. The molecule has 0 fully saturated rings. The van der Waals surface area contributed by atoms with Crippen molar-refractivity contribution in [2.75, 3.05) is 11.9 Å². The number of amides is 2. The summed E-state index contributed by atoms with van der Waals surface area (Å²) in [7, 11) is 0. The highest BCUT2D eigenvalue weighted by Crippen LogP contribution is 2.34. The summed E-state index contributed by atoms with van der Waals surface area (Å²) in [5.41, 5.74) is 2.48. The third kappa shape index (κ3) is 4.61. The van der Waals surface area contributed by atoms with Crippen LogP contribution in [0.5, 0.6) is 5.75 Å². The molecule has 2 N–H and O–H groups in total. The number of aryl methyl sites for hydroxylation is 1. The Kier molecular flexibility index (Phi) is 6.04. The highest BCUT2D eigenvalue weighted by molar-refractivity contribution is 9.10. The summed E-state index contributed by atoms with van der Waals surface area (Å²) in [6.45, 7) is 2.32. The minimum Gasteiger partial charge on any atom is -0.493 e. The van der Waals surface area contributed by atoms with Gasteiger partial charge in [0.2, 0.25) is 0 Å². The smallest absolute Gasteiger partial charge is 0.258 e. The molecular formula is C24H20BrFN2O3. The monoisotopic (exact) mass is 482 g/mol. The average molecular weight is 483 g/mol. The standard InChI is InChI=1S/C24H20BrFN2O3/c1-14-6-7-15(12-21(14)28-24(30)17-4-2-3-5-19(17)26)23(29)27-20-10-11-31-22-9-8-16(25)13-18(20)22/h2-9,12-13,20H,10-11H2,1H3,(H,27,29)(H,28,30). The van der Waals surface area contributed by atoms with Crippen LogP contribution in [0.2, 0.25) is 0 Å². The average Bonchev–Trinajstić information content (AvgIpc) is 2.76. The van der Waals surface area contributed by atoms with E-state index >= 15 is 0 Å². The van der Waals surface area contributed by atoms with Crippen LogP contribution in [0.15, 0.2) is 65.1 Å². The number of hydrogen-bond acceptors (Lipinski definition) is 3. The number of nitrogens with one attached hydrogen (secondary N) is 2. The molecule has 31 heavy (non-hydrogen) atoms. The second kappa shape index (κ2) is 8.89. The molecule has 4 rings (SSSR count). The number of rotatable bonds is 4. The fraction of sp³-hybridized carbons (Fsp3) is 0.167. The lowest BCUT2D eigenvalue weighted by Crippen LogP contribution is -2.32. The van der Waals surface area contributed by atoms with Gasteiger partial charge in [0.15, 0.2) is 0 Å². The second-order valence-corrected chi connectivity index (χ2v) is 8.22. The second-order valence-electron chi connectivity index (χ2n) is 7.31. The molecule has 1 aliphatic rings. The maximum absolute atomic E-state index is 13.9. The molecule has 0 saturated carbocycles. The van der Waals surface area contributed by atoms with Crippen molar-refractivity contribution < 1.29 is 18.7 Å². The van der Waals surface area contributed by atoms with Crippen molar-refractivity contribution >= 4 is 33.4 Å². The molecule has 5 nitrogen and oxygen atoms in total. The number of carbonyl (C=O) groups is 2. The summed E-state index contributed by atoms with van der Waals surface area (Å²) in [6, 6.07) is 16.3. The van der Waals surface area contributed by atoms with Gasteiger partial charge < -0.3 is 15.4 Å². The number of fused-ring (bicyclic) bond motifs is 1. The molecule has 3 aromatic carbocycles. The Morgan fingerprint density at radius 3 is 2.68 bits per heavy atom. The van der Waals surface area contributed by atoms with Gasteiger partial charge in [-0.3, -0.25) is 9.59 Å². The van der Waals surface area contributed by atoms with Crippen molar-refractivity contribution in [1.82, 2.24) is 5.32 Å². The van der Waals surface area contributed by atoms with E-state index < -0.39 is 11.7 Å². The molecular weight excluding hydrogens is 463 g/mol. The van der Waals surface area contributed by atoms with Gasteiger partial charge in [-0.1, -0.05) is 34.1 Å². The third-order valence-corrected chi connectivity index (χ3v) is 5.68. The molecule has 1 heterocycles. The van der Waals surface area contributed by atoms with E-state index in [1.54, 1.807) is 24.3 Å². The van der Waals surface area contributed by atoms with E-state index in [9.17, 15) is 14.0 Å². The molecule has 7 heteroatoms. The highest BCUT2D eigenvalue weighted by Gasteiger charge is 2.24. The summed E-state index contributed by atoms with van der Waals surface area (Å²) >= 11 is 3.46. The number of ether oxygens (including phenoxy) is 1. The zero-order chi connectivity index (χ0) is 22.0. The molecule has 0 bridgehead atoms. The summed E-state index contributed by atoms with van der Waals surface area (Å²) in [5.74, 6) is -0.682. The van der Waals surface area contributed by atoms with Crippen molar-refractivity contribution in [1.29, 1.82) is 0 Å². The SMILES string of the molecule is Cc1ccc(C(=O)NC2CCOc3ccc(Br)cc32)cc1NC(=O)c1ccccc1F. The van der Waals surface area contributed by atoms with E-state index in [4.69, 9.17) is 4.74 Å². The summed E-state index contributed by atoms with van der Waals surface area (Å²) in [4.78, 5) is 25.4. The lowest BCUT2D eigenvalue weighted by atomic mass is 10.00. The van der Waals surface area contributed by atoms with Crippen molar-refractivity contribution in [3.05, 3.63) is 93.2 Å². The van der Waals surface area contributed by atoms with E-state index in [-0.39, 0.29) is 17.5 Å².